The van der Waals surface area contributed by atoms with Crippen molar-refractivity contribution in [3.63, 3.8) is 0 Å². The largest absolute Gasteiger partial charge is 0.497 e. The van der Waals surface area contributed by atoms with Gasteiger partial charge in [0.1, 0.15) is 11.5 Å². The van der Waals surface area contributed by atoms with Crippen molar-refractivity contribution >= 4 is 10.9 Å². The average Bonchev–Trinajstić information content (AvgIpc) is 2.48. The predicted molar refractivity (Wildman–Crippen MR) is 79.4 cm³/mol. The van der Waals surface area contributed by atoms with Crippen LogP contribution in [0.3, 0.4) is 0 Å². The molecule has 0 aliphatic carbocycles. The van der Waals surface area contributed by atoms with Crippen LogP contribution in [0.2, 0.25) is 0 Å². The molecule has 0 saturated carbocycles. The van der Waals surface area contributed by atoms with Crippen LogP contribution in [0.4, 0.5) is 0 Å². The Hall–Kier alpha value is -1.81. The maximum atomic E-state index is 9.43. The Balaban J connectivity index is 2.54. The molecule has 0 amide bonds. The van der Waals surface area contributed by atoms with Gasteiger partial charge in [-0.25, -0.2) is 4.98 Å². The number of benzene rings is 1. The third kappa shape index (κ3) is 2.85. The van der Waals surface area contributed by atoms with Gasteiger partial charge in [-0.2, -0.15) is 0 Å². The maximum absolute atomic E-state index is 9.43. The third-order valence-electron chi connectivity index (χ3n) is 3.37. The third-order valence-corrected chi connectivity index (χ3v) is 3.37. The van der Waals surface area contributed by atoms with Crippen molar-refractivity contribution < 1.29 is 14.6 Å². The lowest BCUT2D eigenvalue weighted by Gasteiger charge is -2.15. The Morgan fingerprint density at radius 1 is 1.30 bits per heavy atom. The number of nitrogens with zero attached hydrogens (tertiary/aromatic N) is 1. The van der Waals surface area contributed by atoms with Crippen LogP contribution in [0.25, 0.3) is 10.9 Å². The van der Waals surface area contributed by atoms with Gasteiger partial charge in [-0.05, 0) is 31.5 Å². The fourth-order valence-electron chi connectivity index (χ4n) is 2.14. The molecule has 0 bridgehead atoms. The minimum absolute atomic E-state index is 0.0854. The van der Waals surface area contributed by atoms with Crippen molar-refractivity contribution in [1.29, 1.82) is 0 Å². The number of methoxy groups -OCH3 is 1. The van der Waals surface area contributed by atoms with E-state index < -0.39 is 0 Å². The summed E-state index contributed by atoms with van der Waals surface area (Å²) in [4.78, 5) is 4.47. The van der Waals surface area contributed by atoms with E-state index in [9.17, 15) is 5.11 Å². The van der Waals surface area contributed by atoms with E-state index in [4.69, 9.17) is 9.47 Å². The molecule has 108 valence electrons. The second-order valence-corrected chi connectivity index (χ2v) is 4.76. The van der Waals surface area contributed by atoms with Crippen LogP contribution < -0.4 is 9.47 Å². The molecule has 20 heavy (non-hydrogen) atoms. The normalized spacial score (nSPS) is 10.8. The number of aliphatic hydroxyl groups excluding tert-OH is 1. The van der Waals surface area contributed by atoms with E-state index in [2.05, 4.69) is 11.9 Å². The van der Waals surface area contributed by atoms with Crippen molar-refractivity contribution in [2.24, 2.45) is 0 Å². The summed E-state index contributed by atoms with van der Waals surface area (Å²) in [5, 5.41) is 10.4. The van der Waals surface area contributed by atoms with Crippen LogP contribution in [0.1, 0.15) is 31.0 Å². The molecule has 0 aliphatic heterocycles. The van der Waals surface area contributed by atoms with Gasteiger partial charge in [0.25, 0.3) is 0 Å². The summed E-state index contributed by atoms with van der Waals surface area (Å²) in [5.74, 6) is 1.57. The molecule has 2 rings (SSSR count). The lowest BCUT2D eigenvalue weighted by molar-refractivity contribution is 0.273. The highest BCUT2D eigenvalue weighted by molar-refractivity contribution is 5.88. The molecule has 4 heteroatoms. The molecule has 4 nitrogen and oxygen atoms in total. The number of fused-ring (bicyclic) bond motifs is 1. The lowest BCUT2D eigenvalue weighted by atomic mass is 10.1. The predicted octanol–water partition coefficient (Wildman–Crippen LogP) is 3.22. The highest BCUT2D eigenvalue weighted by Gasteiger charge is 2.13. The first kappa shape index (κ1) is 14.6. The van der Waals surface area contributed by atoms with Gasteiger partial charge in [-0.3, -0.25) is 0 Å². The van der Waals surface area contributed by atoms with E-state index in [0.717, 1.165) is 40.8 Å². The quantitative estimate of drug-likeness (QED) is 0.822. The van der Waals surface area contributed by atoms with Crippen LogP contribution in [-0.2, 0) is 6.61 Å². The van der Waals surface area contributed by atoms with Crippen LogP contribution in [0.5, 0.6) is 11.5 Å². The first-order valence-electron chi connectivity index (χ1n) is 6.92. The highest BCUT2D eigenvalue weighted by Crippen LogP contribution is 2.33. The number of hydrogen-bond acceptors (Lipinski definition) is 4. The number of aromatic nitrogens is 1. The molecule has 0 saturated heterocycles. The van der Waals surface area contributed by atoms with E-state index in [1.165, 1.54) is 0 Å². The summed E-state index contributed by atoms with van der Waals surface area (Å²) in [6.45, 7) is 4.64. The molecular formula is C16H21NO3. The summed E-state index contributed by atoms with van der Waals surface area (Å²) < 4.78 is 11.2. The first-order chi connectivity index (χ1) is 9.71. The molecule has 0 atom stereocenters. The minimum Gasteiger partial charge on any atom is -0.497 e. The van der Waals surface area contributed by atoms with Gasteiger partial charge in [-0.15, -0.1) is 0 Å². The monoisotopic (exact) mass is 275 g/mol. The summed E-state index contributed by atoms with van der Waals surface area (Å²) in [6, 6.07) is 5.68. The second-order valence-electron chi connectivity index (χ2n) is 4.76. The Kier molecular flexibility index (Phi) is 4.79. The number of ether oxygens (including phenoxy) is 2. The number of pyridine rings is 1. The average molecular weight is 275 g/mol. The molecule has 0 fully saturated rings. The SMILES string of the molecule is CCCCOc1c(C)c(CO)nc2ccc(OC)cc12. The molecule has 0 aliphatic rings. The van der Waals surface area contributed by atoms with Crippen LogP contribution in [0.15, 0.2) is 18.2 Å². The fraction of sp³-hybridized carbons (Fsp3) is 0.438. The Labute approximate surface area is 119 Å². The molecule has 0 spiro atoms. The van der Waals surface area contributed by atoms with E-state index >= 15 is 0 Å². The van der Waals surface area contributed by atoms with Crippen molar-refractivity contribution in [3.8, 4) is 11.5 Å². The van der Waals surface area contributed by atoms with Gasteiger partial charge in [0.2, 0.25) is 0 Å². The van der Waals surface area contributed by atoms with Gasteiger partial charge in [0.15, 0.2) is 0 Å². The van der Waals surface area contributed by atoms with E-state index in [1.807, 2.05) is 25.1 Å². The molecule has 2 aromatic rings. The summed E-state index contributed by atoms with van der Waals surface area (Å²) in [5.41, 5.74) is 2.37. The minimum atomic E-state index is -0.0854. The molecular weight excluding hydrogens is 254 g/mol. The lowest BCUT2D eigenvalue weighted by Crippen LogP contribution is -2.04. The van der Waals surface area contributed by atoms with Gasteiger partial charge in [0, 0.05) is 10.9 Å². The van der Waals surface area contributed by atoms with Crippen molar-refractivity contribution in [2.75, 3.05) is 13.7 Å². The van der Waals surface area contributed by atoms with Crippen LogP contribution >= 0.6 is 0 Å². The molecule has 1 aromatic carbocycles. The van der Waals surface area contributed by atoms with Gasteiger partial charge in [-0.1, -0.05) is 13.3 Å². The Morgan fingerprint density at radius 3 is 2.75 bits per heavy atom. The number of aliphatic hydroxyl groups is 1. The van der Waals surface area contributed by atoms with Crippen molar-refractivity contribution in [1.82, 2.24) is 4.98 Å². The molecule has 0 radical (unpaired) electrons. The summed E-state index contributed by atoms with van der Waals surface area (Å²) in [6.07, 6.45) is 2.08. The number of hydrogen-bond donors (Lipinski definition) is 1. The van der Waals surface area contributed by atoms with E-state index in [0.29, 0.717) is 12.3 Å². The van der Waals surface area contributed by atoms with Crippen LogP contribution in [0, 0.1) is 6.92 Å². The number of unbranched alkanes of at least 4 members (excludes halogenated alkanes) is 1. The Bertz CT molecular complexity index is 596. The van der Waals surface area contributed by atoms with Gasteiger partial charge >= 0.3 is 0 Å². The molecule has 1 N–H and O–H groups in total. The molecule has 1 heterocycles. The number of rotatable bonds is 6. The highest BCUT2D eigenvalue weighted by atomic mass is 16.5. The summed E-state index contributed by atoms with van der Waals surface area (Å²) in [7, 11) is 1.64. The van der Waals surface area contributed by atoms with Crippen LogP contribution in [-0.4, -0.2) is 23.8 Å². The van der Waals surface area contributed by atoms with Gasteiger partial charge < -0.3 is 14.6 Å². The van der Waals surface area contributed by atoms with Crippen molar-refractivity contribution in [3.05, 3.63) is 29.5 Å². The second kappa shape index (κ2) is 6.57. The van der Waals surface area contributed by atoms with E-state index in [1.54, 1.807) is 7.11 Å². The first-order valence-corrected chi connectivity index (χ1v) is 6.92. The standard InChI is InChI=1S/C16H21NO3/c1-4-5-8-20-16-11(2)15(10-18)17-14-7-6-12(19-3)9-13(14)16/h6-7,9,18H,4-5,8,10H2,1-3H3. The van der Waals surface area contributed by atoms with E-state index in [-0.39, 0.29) is 6.61 Å². The van der Waals surface area contributed by atoms with Gasteiger partial charge in [0.05, 0.1) is 31.5 Å². The fourth-order valence-corrected chi connectivity index (χ4v) is 2.14. The zero-order chi connectivity index (χ0) is 14.5. The zero-order valence-corrected chi connectivity index (χ0v) is 12.3. The smallest absolute Gasteiger partial charge is 0.133 e. The Morgan fingerprint density at radius 2 is 2.10 bits per heavy atom. The van der Waals surface area contributed by atoms with Crippen molar-refractivity contribution in [2.45, 2.75) is 33.3 Å². The zero-order valence-electron chi connectivity index (χ0n) is 12.3. The maximum Gasteiger partial charge on any atom is 0.133 e. The molecule has 1 aromatic heterocycles. The topological polar surface area (TPSA) is 51.6 Å². The summed E-state index contributed by atoms with van der Waals surface area (Å²) >= 11 is 0. The molecule has 0 unspecified atom stereocenters.